The number of hydrogen-bond donors (Lipinski definition) is 1. The van der Waals surface area contributed by atoms with Gasteiger partial charge in [0, 0.05) is 19.6 Å². The van der Waals surface area contributed by atoms with Crippen molar-refractivity contribution in [2.75, 3.05) is 53.1 Å². The molecule has 0 atom stereocenters. The molecule has 0 fully saturated rings. The van der Waals surface area contributed by atoms with Crippen LogP contribution in [-0.2, 0) is 6.54 Å². The van der Waals surface area contributed by atoms with Gasteiger partial charge in [-0.05, 0) is 28.2 Å². The molecule has 108 valence electrons. The second kappa shape index (κ2) is 7.47. The fourth-order valence-electron chi connectivity index (χ4n) is 1.46. The van der Waals surface area contributed by atoms with E-state index in [0.29, 0.717) is 12.2 Å². The van der Waals surface area contributed by atoms with Crippen LogP contribution in [0.25, 0.3) is 0 Å². The van der Waals surface area contributed by atoms with Gasteiger partial charge in [0.25, 0.3) is 5.56 Å². The lowest BCUT2D eigenvalue weighted by Gasteiger charge is -2.14. The van der Waals surface area contributed by atoms with Gasteiger partial charge < -0.3 is 15.1 Å². The first-order valence-corrected chi connectivity index (χ1v) is 6.58. The monoisotopic (exact) mass is 287 g/mol. The van der Waals surface area contributed by atoms with Gasteiger partial charge in [-0.3, -0.25) is 4.79 Å². The summed E-state index contributed by atoms with van der Waals surface area (Å²) in [5.74, 6) is 0. The van der Waals surface area contributed by atoms with Crippen LogP contribution < -0.4 is 10.9 Å². The Morgan fingerprint density at radius 2 is 1.89 bits per heavy atom. The van der Waals surface area contributed by atoms with E-state index in [9.17, 15) is 4.79 Å². The zero-order valence-electron chi connectivity index (χ0n) is 12.0. The van der Waals surface area contributed by atoms with Crippen LogP contribution in [0.4, 0.5) is 5.69 Å². The predicted molar refractivity (Wildman–Crippen MR) is 79.1 cm³/mol. The standard InChI is InChI=1S/C12H22ClN5O/c1-16(2)6-5-14-10-9-15-18(8-7-17(3)4)12(19)11(10)13/h9,14H,5-8H2,1-4H3. The highest BCUT2D eigenvalue weighted by atomic mass is 35.5. The van der Waals surface area contributed by atoms with Crippen LogP contribution in [0.2, 0.25) is 5.02 Å². The van der Waals surface area contributed by atoms with Gasteiger partial charge in [0.05, 0.1) is 18.4 Å². The summed E-state index contributed by atoms with van der Waals surface area (Å²) in [6, 6.07) is 0. The molecule has 0 aliphatic rings. The molecule has 1 N–H and O–H groups in total. The molecule has 1 aromatic heterocycles. The van der Waals surface area contributed by atoms with Crippen LogP contribution in [-0.4, -0.2) is 67.4 Å². The third-order valence-electron chi connectivity index (χ3n) is 2.62. The maximum Gasteiger partial charge on any atom is 0.287 e. The first-order chi connectivity index (χ1) is 8.91. The lowest BCUT2D eigenvalue weighted by atomic mass is 10.4. The van der Waals surface area contributed by atoms with Crippen molar-refractivity contribution in [3.8, 4) is 0 Å². The van der Waals surface area contributed by atoms with E-state index in [4.69, 9.17) is 11.6 Å². The molecule has 0 aromatic carbocycles. The Bertz CT molecular complexity index is 458. The molecular weight excluding hydrogens is 266 g/mol. The topological polar surface area (TPSA) is 53.4 Å². The first-order valence-electron chi connectivity index (χ1n) is 6.20. The van der Waals surface area contributed by atoms with Gasteiger partial charge >= 0.3 is 0 Å². The Labute approximate surface area is 119 Å². The van der Waals surface area contributed by atoms with Crippen molar-refractivity contribution >= 4 is 17.3 Å². The highest BCUT2D eigenvalue weighted by Crippen LogP contribution is 2.14. The fourth-order valence-corrected chi connectivity index (χ4v) is 1.67. The molecule has 0 radical (unpaired) electrons. The van der Waals surface area contributed by atoms with Crippen molar-refractivity contribution in [1.29, 1.82) is 0 Å². The Kier molecular flexibility index (Phi) is 6.27. The van der Waals surface area contributed by atoms with E-state index in [2.05, 4.69) is 10.4 Å². The van der Waals surface area contributed by atoms with E-state index < -0.39 is 0 Å². The van der Waals surface area contributed by atoms with E-state index in [-0.39, 0.29) is 10.6 Å². The van der Waals surface area contributed by atoms with Gasteiger partial charge in [-0.25, -0.2) is 4.68 Å². The lowest BCUT2D eigenvalue weighted by Crippen LogP contribution is -2.29. The predicted octanol–water partition coefficient (Wildman–Crippen LogP) is 0.432. The van der Waals surface area contributed by atoms with Gasteiger partial charge in [-0.1, -0.05) is 11.6 Å². The molecule has 7 heteroatoms. The Balaban J connectivity index is 2.71. The Morgan fingerprint density at radius 1 is 1.26 bits per heavy atom. The summed E-state index contributed by atoms with van der Waals surface area (Å²) < 4.78 is 1.39. The third kappa shape index (κ3) is 5.18. The van der Waals surface area contributed by atoms with Crippen LogP contribution in [0.1, 0.15) is 0 Å². The molecular formula is C12H22ClN5O. The van der Waals surface area contributed by atoms with Crippen molar-refractivity contribution in [2.45, 2.75) is 6.54 Å². The number of hydrogen-bond acceptors (Lipinski definition) is 5. The molecule has 0 saturated heterocycles. The summed E-state index contributed by atoms with van der Waals surface area (Å²) in [5, 5.41) is 7.44. The van der Waals surface area contributed by atoms with E-state index in [0.717, 1.165) is 19.6 Å². The molecule has 1 rings (SSSR count). The third-order valence-corrected chi connectivity index (χ3v) is 2.98. The van der Waals surface area contributed by atoms with Crippen molar-refractivity contribution in [3.05, 3.63) is 21.6 Å². The van der Waals surface area contributed by atoms with Crippen LogP contribution in [0.15, 0.2) is 11.0 Å². The Morgan fingerprint density at radius 3 is 2.47 bits per heavy atom. The van der Waals surface area contributed by atoms with Gasteiger partial charge in [0.15, 0.2) is 0 Å². The second-order valence-corrected chi connectivity index (χ2v) is 5.31. The van der Waals surface area contributed by atoms with Gasteiger partial charge in [-0.15, -0.1) is 0 Å². The van der Waals surface area contributed by atoms with Gasteiger partial charge in [0.2, 0.25) is 0 Å². The summed E-state index contributed by atoms with van der Waals surface area (Å²) in [4.78, 5) is 16.0. The molecule has 6 nitrogen and oxygen atoms in total. The minimum Gasteiger partial charge on any atom is -0.381 e. The molecule has 0 unspecified atom stereocenters. The Hall–Kier alpha value is -1.11. The highest BCUT2D eigenvalue weighted by molar-refractivity contribution is 6.32. The zero-order valence-corrected chi connectivity index (χ0v) is 12.7. The largest absolute Gasteiger partial charge is 0.381 e. The fraction of sp³-hybridized carbons (Fsp3) is 0.667. The molecule has 0 bridgehead atoms. The van der Waals surface area contributed by atoms with Crippen molar-refractivity contribution in [2.24, 2.45) is 0 Å². The SMILES string of the molecule is CN(C)CCNc1cnn(CCN(C)C)c(=O)c1Cl. The maximum absolute atomic E-state index is 12.0. The summed E-state index contributed by atoms with van der Waals surface area (Å²) in [5.41, 5.74) is 0.341. The van der Waals surface area contributed by atoms with E-state index in [1.54, 1.807) is 6.20 Å². The normalized spacial score (nSPS) is 11.3. The average Bonchev–Trinajstić information content (AvgIpc) is 2.33. The van der Waals surface area contributed by atoms with Crippen LogP contribution in [0.5, 0.6) is 0 Å². The molecule has 0 aliphatic carbocycles. The zero-order chi connectivity index (χ0) is 14.4. The minimum absolute atomic E-state index is 0.201. The van der Waals surface area contributed by atoms with E-state index in [1.165, 1.54) is 4.68 Å². The number of nitrogens with one attached hydrogen (secondary N) is 1. The summed E-state index contributed by atoms with van der Waals surface area (Å²) in [6.45, 7) is 2.86. The van der Waals surface area contributed by atoms with E-state index in [1.807, 2.05) is 38.0 Å². The molecule has 0 amide bonds. The lowest BCUT2D eigenvalue weighted by molar-refractivity contribution is 0.367. The molecule has 19 heavy (non-hydrogen) atoms. The number of anilines is 1. The maximum atomic E-state index is 12.0. The number of likely N-dealkylation sites (N-methyl/N-ethyl adjacent to an activating group) is 2. The highest BCUT2D eigenvalue weighted by Gasteiger charge is 2.09. The van der Waals surface area contributed by atoms with Crippen LogP contribution in [0, 0.1) is 0 Å². The summed E-state index contributed by atoms with van der Waals surface area (Å²) in [7, 11) is 7.87. The average molecular weight is 288 g/mol. The molecule has 0 spiro atoms. The molecule has 0 saturated carbocycles. The number of rotatable bonds is 7. The van der Waals surface area contributed by atoms with Crippen LogP contribution in [0.3, 0.4) is 0 Å². The number of aromatic nitrogens is 2. The van der Waals surface area contributed by atoms with Crippen LogP contribution >= 0.6 is 11.6 Å². The van der Waals surface area contributed by atoms with Gasteiger partial charge in [0.1, 0.15) is 5.02 Å². The van der Waals surface area contributed by atoms with E-state index >= 15 is 0 Å². The molecule has 1 aromatic rings. The quantitative estimate of drug-likeness (QED) is 0.788. The first kappa shape index (κ1) is 15.9. The van der Waals surface area contributed by atoms with Crippen molar-refractivity contribution in [1.82, 2.24) is 19.6 Å². The molecule has 1 heterocycles. The number of nitrogens with zero attached hydrogens (tertiary/aromatic N) is 4. The summed E-state index contributed by atoms with van der Waals surface area (Å²) >= 11 is 6.07. The molecule has 0 aliphatic heterocycles. The number of halogens is 1. The summed E-state index contributed by atoms with van der Waals surface area (Å²) in [6.07, 6.45) is 1.61. The second-order valence-electron chi connectivity index (χ2n) is 4.93. The minimum atomic E-state index is -0.252. The smallest absolute Gasteiger partial charge is 0.287 e. The van der Waals surface area contributed by atoms with Crippen molar-refractivity contribution in [3.63, 3.8) is 0 Å². The van der Waals surface area contributed by atoms with Crippen molar-refractivity contribution < 1.29 is 0 Å². The van der Waals surface area contributed by atoms with Gasteiger partial charge in [-0.2, -0.15) is 5.10 Å².